The van der Waals surface area contributed by atoms with Crippen LogP contribution in [0.5, 0.6) is 11.5 Å². The number of aryl methyl sites for hydroxylation is 1. The minimum Gasteiger partial charge on any atom is -0.497 e. The molecule has 160 valence electrons. The van der Waals surface area contributed by atoms with E-state index in [2.05, 4.69) is 22.1 Å². The third kappa shape index (κ3) is 3.65. The lowest BCUT2D eigenvalue weighted by molar-refractivity contribution is 0.0682. The molecule has 3 aromatic rings. The lowest BCUT2D eigenvalue weighted by atomic mass is 10.1. The van der Waals surface area contributed by atoms with Crippen LogP contribution in [-0.4, -0.2) is 64.9 Å². The number of carbonyl (C=O) groups is 1. The molecule has 1 aromatic heterocycles. The summed E-state index contributed by atoms with van der Waals surface area (Å²) in [5, 5.41) is 4.25. The predicted octanol–water partition coefficient (Wildman–Crippen LogP) is 2.81. The second-order valence-corrected chi connectivity index (χ2v) is 8.30. The highest BCUT2D eigenvalue weighted by molar-refractivity contribution is 5.98. The van der Waals surface area contributed by atoms with Crippen molar-refractivity contribution in [2.75, 3.05) is 27.2 Å². The summed E-state index contributed by atoms with van der Waals surface area (Å²) in [6.45, 7) is 2.32. The number of carbonyl (C=O) groups excluding carboxylic acids is 1. The number of likely N-dealkylation sites (N-methyl/N-ethyl adjacent to an activating group) is 1. The van der Waals surface area contributed by atoms with Gasteiger partial charge in [-0.15, -0.1) is 0 Å². The molecule has 0 aliphatic carbocycles. The molecule has 1 fully saturated rings. The highest BCUT2D eigenvalue weighted by Gasteiger charge is 2.42. The number of amides is 1. The summed E-state index contributed by atoms with van der Waals surface area (Å²) in [6.07, 6.45) is 3.70. The minimum atomic E-state index is -0.0787. The largest absolute Gasteiger partial charge is 0.497 e. The van der Waals surface area contributed by atoms with E-state index < -0.39 is 0 Å². The molecule has 0 bridgehead atoms. The molecule has 0 saturated carbocycles. The van der Waals surface area contributed by atoms with Crippen LogP contribution < -0.4 is 9.47 Å². The summed E-state index contributed by atoms with van der Waals surface area (Å²) >= 11 is 0. The topological polar surface area (TPSA) is 59.8 Å². The summed E-state index contributed by atoms with van der Waals surface area (Å²) < 4.78 is 13.6. The molecule has 2 aliphatic rings. The fourth-order valence-corrected chi connectivity index (χ4v) is 4.53. The van der Waals surface area contributed by atoms with E-state index in [1.165, 1.54) is 5.56 Å². The quantitative estimate of drug-likeness (QED) is 0.652. The molecule has 7 nitrogen and oxygen atoms in total. The van der Waals surface area contributed by atoms with Gasteiger partial charge in [0.25, 0.3) is 5.91 Å². The first-order chi connectivity index (χ1) is 15.0. The number of hydrogen-bond donors (Lipinski definition) is 0. The second-order valence-electron chi connectivity index (χ2n) is 8.30. The monoisotopic (exact) mass is 418 g/mol. The lowest BCUT2D eigenvalue weighted by Gasteiger charge is -2.25. The van der Waals surface area contributed by atoms with Gasteiger partial charge in [-0.2, -0.15) is 5.10 Å². The molecule has 0 radical (unpaired) electrons. The fraction of sp³-hybridized carbons (Fsp3) is 0.333. The van der Waals surface area contributed by atoms with Gasteiger partial charge in [0.1, 0.15) is 17.6 Å². The average molecular weight is 418 g/mol. The number of aromatic nitrogens is 2. The SMILES string of the molecule is COc1cccc(CN2CC3Oc4cc(-c5cnn(C)c5)ccc4C(=O)N(C)C3C2)c1. The summed E-state index contributed by atoms with van der Waals surface area (Å²) in [6, 6.07) is 13.9. The van der Waals surface area contributed by atoms with Gasteiger partial charge in [-0.05, 0) is 35.4 Å². The number of rotatable bonds is 4. The zero-order valence-corrected chi connectivity index (χ0v) is 18.0. The third-order valence-corrected chi connectivity index (χ3v) is 6.20. The number of likely N-dealkylation sites (tertiary alicyclic amines) is 1. The van der Waals surface area contributed by atoms with Crippen LogP contribution >= 0.6 is 0 Å². The number of nitrogens with zero attached hydrogens (tertiary/aromatic N) is 4. The van der Waals surface area contributed by atoms with Gasteiger partial charge in [-0.3, -0.25) is 14.4 Å². The van der Waals surface area contributed by atoms with Crippen LogP contribution in [0.1, 0.15) is 15.9 Å². The van der Waals surface area contributed by atoms with Crippen LogP contribution in [0, 0.1) is 0 Å². The van der Waals surface area contributed by atoms with Crippen molar-refractivity contribution in [3.05, 3.63) is 66.0 Å². The van der Waals surface area contributed by atoms with Crippen molar-refractivity contribution < 1.29 is 14.3 Å². The first-order valence-corrected chi connectivity index (χ1v) is 10.4. The zero-order chi connectivity index (χ0) is 21.5. The van der Waals surface area contributed by atoms with E-state index in [1.807, 2.05) is 61.7 Å². The Balaban J connectivity index is 1.40. The Bertz CT molecular complexity index is 1130. The Morgan fingerprint density at radius 3 is 2.77 bits per heavy atom. The Morgan fingerprint density at radius 1 is 1.13 bits per heavy atom. The Kier molecular flexibility index (Phi) is 4.90. The molecule has 1 saturated heterocycles. The van der Waals surface area contributed by atoms with E-state index >= 15 is 0 Å². The molecule has 1 amide bonds. The normalized spacial score (nSPS) is 20.7. The molecule has 0 spiro atoms. The molecule has 2 aromatic carbocycles. The highest BCUT2D eigenvalue weighted by atomic mass is 16.5. The molecule has 2 unspecified atom stereocenters. The molecular formula is C24H26N4O3. The van der Waals surface area contributed by atoms with Crippen molar-refractivity contribution in [1.29, 1.82) is 0 Å². The molecule has 2 aliphatic heterocycles. The van der Waals surface area contributed by atoms with Crippen LogP contribution in [0.4, 0.5) is 0 Å². The van der Waals surface area contributed by atoms with Gasteiger partial charge in [0.15, 0.2) is 0 Å². The summed E-state index contributed by atoms with van der Waals surface area (Å²) in [7, 11) is 5.45. The van der Waals surface area contributed by atoms with Crippen molar-refractivity contribution in [2.45, 2.75) is 18.7 Å². The standard InChI is InChI=1S/C24H26N4O3/c1-26-13-18(11-25-26)17-7-8-20-22(10-17)31-23-15-28(14-21(23)27(2)24(20)29)12-16-5-4-6-19(9-16)30-3/h4-11,13,21,23H,12,14-15H2,1-3H3. The zero-order valence-electron chi connectivity index (χ0n) is 18.0. The molecule has 2 atom stereocenters. The minimum absolute atomic E-state index is 0.00321. The van der Waals surface area contributed by atoms with E-state index in [9.17, 15) is 4.79 Å². The van der Waals surface area contributed by atoms with E-state index in [0.717, 1.165) is 36.5 Å². The van der Waals surface area contributed by atoms with Crippen molar-refractivity contribution in [1.82, 2.24) is 19.6 Å². The molecule has 3 heterocycles. The first-order valence-electron chi connectivity index (χ1n) is 10.4. The maximum Gasteiger partial charge on any atom is 0.257 e. The van der Waals surface area contributed by atoms with Gasteiger partial charge in [0, 0.05) is 45.5 Å². The van der Waals surface area contributed by atoms with Crippen LogP contribution in [0.25, 0.3) is 11.1 Å². The number of hydrogen-bond acceptors (Lipinski definition) is 5. The summed E-state index contributed by atoms with van der Waals surface area (Å²) in [4.78, 5) is 17.4. The number of benzene rings is 2. The van der Waals surface area contributed by atoms with Gasteiger partial charge in [0.05, 0.1) is 24.9 Å². The molecule has 31 heavy (non-hydrogen) atoms. The van der Waals surface area contributed by atoms with E-state index in [1.54, 1.807) is 11.8 Å². The van der Waals surface area contributed by atoms with Crippen molar-refractivity contribution >= 4 is 5.91 Å². The van der Waals surface area contributed by atoms with Crippen LogP contribution in [0.15, 0.2) is 54.9 Å². The fourth-order valence-electron chi connectivity index (χ4n) is 4.53. The van der Waals surface area contributed by atoms with E-state index in [0.29, 0.717) is 11.3 Å². The molecule has 5 rings (SSSR count). The maximum absolute atomic E-state index is 13.2. The van der Waals surface area contributed by atoms with E-state index in [4.69, 9.17) is 9.47 Å². The Hall–Kier alpha value is -3.32. The van der Waals surface area contributed by atoms with E-state index in [-0.39, 0.29) is 18.1 Å². The number of ether oxygens (including phenoxy) is 2. The van der Waals surface area contributed by atoms with Gasteiger partial charge in [-0.25, -0.2) is 0 Å². The summed E-state index contributed by atoms with van der Waals surface area (Å²) in [5.74, 6) is 1.50. The van der Waals surface area contributed by atoms with Gasteiger partial charge in [-0.1, -0.05) is 18.2 Å². The van der Waals surface area contributed by atoms with Crippen LogP contribution in [0.2, 0.25) is 0 Å². The second kappa shape index (κ2) is 7.74. The van der Waals surface area contributed by atoms with Crippen LogP contribution in [0.3, 0.4) is 0 Å². The van der Waals surface area contributed by atoms with Crippen molar-refractivity contribution in [3.8, 4) is 22.6 Å². The average Bonchev–Trinajstić information content (AvgIpc) is 3.36. The first kappa shape index (κ1) is 19.6. The van der Waals surface area contributed by atoms with Gasteiger partial charge in [0.2, 0.25) is 0 Å². The Morgan fingerprint density at radius 2 is 2.00 bits per heavy atom. The molecular weight excluding hydrogens is 392 g/mol. The summed E-state index contributed by atoms with van der Waals surface area (Å²) in [5.41, 5.74) is 3.79. The molecule has 0 N–H and O–H groups in total. The van der Waals surface area contributed by atoms with Gasteiger partial charge < -0.3 is 14.4 Å². The Labute approximate surface area is 181 Å². The number of fused-ring (bicyclic) bond motifs is 2. The van der Waals surface area contributed by atoms with Crippen molar-refractivity contribution in [2.24, 2.45) is 7.05 Å². The molecule has 7 heteroatoms. The lowest BCUT2D eigenvalue weighted by Crippen LogP contribution is -2.44. The van der Waals surface area contributed by atoms with Gasteiger partial charge >= 0.3 is 0 Å². The third-order valence-electron chi connectivity index (χ3n) is 6.20. The van der Waals surface area contributed by atoms with Crippen molar-refractivity contribution in [3.63, 3.8) is 0 Å². The maximum atomic E-state index is 13.2. The van der Waals surface area contributed by atoms with Crippen LogP contribution in [-0.2, 0) is 13.6 Å². The smallest absolute Gasteiger partial charge is 0.257 e. The number of methoxy groups -OCH3 is 1. The predicted molar refractivity (Wildman–Crippen MR) is 117 cm³/mol. The highest BCUT2D eigenvalue weighted by Crippen LogP contribution is 2.34.